The molecule has 0 bridgehead atoms. The third kappa shape index (κ3) is 5.56. The van der Waals surface area contributed by atoms with Crippen LogP contribution in [-0.4, -0.2) is 47.1 Å². The van der Waals surface area contributed by atoms with E-state index in [1.165, 1.54) is 11.3 Å². The maximum Gasteiger partial charge on any atom is 0.263 e. The fraction of sp³-hybridized carbons (Fsp3) is 0.310. The van der Waals surface area contributed by atoms with Gasteiger partial charge in [0.05, 0.1) is 28.1 Å². The van der Waals surface area contributed by atoms with E-state index in [1.54, 1.807) is 0 Å². The summed E-state index contributed by atoms with van der Waals surface area (Å²) in [6, 6.07) is 9.89. The number of thiophene rings is 1. The Morgan fingerprint density at radius 3 is 2.61 bits per heavy atom. The Labute approximate surface area is 227 Å². The van der Waals surface area contributed by atoms with Gasteiger partial charge in [0, 0.05) is 34.1 Å². The third-order valence-corrected chi connectivity index (χ3v) is 7.77. The summed E-state index contributed by atoms with van der Waals surface area (Å²) in [6.45, 7) is 12.9. The second kappa shape index (κ2) is 9.52. The minimum absolute atomic E-state index is 0.0429. The zero-order valence-electron chi connectivity index (χ0n) is 22.4. The molecule has 0 aliphatic carbocycles. The highest BCUT2D eigenvalue weighted by Gasteiger charge is 2.25. The van der Waals surface area contributed by atoms with Crippen LogP contribution in [0.25, 0.3) is 32.4 Å². The number of carbonyl (C=O) groups excluding carboxylic acids is 1. The number of aromatic nitrogens is 3. The molecule has 0 saturated heterocycles. The van der Waals surface area contributed by atoms with Gasteiger partial charge in [0.15, 0.2) is 0 Å². The number of nitrogens with zero attached hydrogens (tertiary/aromatic N) is 3. The van der Waals surface area contributed by atoms with Gasteiger partial charge in [-0.1, -0.05) is 25.6 Å². The molecule has 3 aromatic heterocycles. The number of hydrogen-bond acceptors (Lipinski definition) is 7. The van der Waals surface area contributed by atoms with Crippen molar-refractivity contribution in [2.75, 3.05) is 11.9 Å². The molecule has 0 fully saturated rings. The predicted octanol–water partition coefficient (Wildman–Crippen LogP) is 4.77. The zero-order chi connectivity index (χ0) is 27.2. The monoisotopic (exact) mass is 538 g/mol. The lowest BCUT2D eigenvalue weighted by molar-refractivity contribution is 0.0949. The summed E-state index contributed by atoms with van der Waals surface area (Å²) < 4.78 is 1.04. The molecule has 1 atom stereocenters. The van der Waals surface area contributed by atoms with Crippen molar-refractivity contribution in [1.82, 2.24) is 20.3 Å². The highest BCUT2D eigenvalue weighted by atomic mass is 32.1. The smallest absolute Gasteiger partial charge is 0.263 e. The SMILES string of the molecule is C[C@@H]1CNc2c(sc3ccc4nc(-c5cc(C#CC(C)(C)N)nc(C#C[Si](C)(C)C)n5)ccc4c23)C(=O)N1. The fourth-order valence-corrected chi connectivity index (χ4v) is 5.62. The van der Waals surface area contributed by atoms with Crippen molar-refractivity contribution in [1.29, 1.82) is 0 Å². The molecule has 1 aliphatic rings. The van der Waals surface area contributed by atoms with Crippen molar-refractivity contribution in [3.63, 3.8) is 0 Å². The van der Waals surface area contributed by atoms with E-state index in [1.807, 2.05) is 51.1 Å². The number of carbonyl (C=O) groups is 1. The first-order valence-corrected chi connectivity index (χ1v) is 16.8. The van der Waals surface area contributed by atoms with Crippen LogP contribution < -0.4 is 16.4 Å². The largest absolute Gasteiger partial charge is 0.381 e. The van der Waals surface area contributed by atoms with Crippen molar-refractivity contribution in [3.05, 3.63) is 46.7 Å². The van der Waals surface area contributed by atoms with Crippen LogP contribution in [0.5, 0.6) is 0 Å². The van der Waals surface area contributed by atoms with Crippen LogP contribution in [0, 0.1) is 23.3 Å². The molecule has 7 nitrogen and oxygen atoms in total. The molecule has 5 rings (SSSR count). The van der Waals surface area contributed by atoms with Gasteiger partial charge in [0.1, 0.15) is 18.6 Å². The van der Waals surface area contributed by atoms with E-state index in [9.17, 15) is 4.79 Å². The molecule has 4 N–H and O–H groups in total. The van der Waals surface area contributed by atoms with Crippen LogP contribution in [0.2, 0.25) is 19.6 Å². The lowest BCUT2D eigenvalue weighted by atomic mass is 10.1. The van der Waals surface area contributed by atoms with Crippen LogP contribution in [0.15, 0.2) is 30.3 Å². The van der Waals surface area contributed by atoms with Gasteiger partial charge < -0.3 is 16.4 Å². The summed E-state index contributed by atoms with van der Waals surface area (Å²) in [5.74, 6) is 9.66. The fourth-order valence-electron chi connectivity index (χ4n) is 4.04. The van der Waals surface area contributed by atoms with Gasteiger partial charge >= 0.3 is 0 Å². The van der Waals surface area contributed by atoms with E-state index in [0.717, 1.165) is 26.7 Å². The molecule has 9 heteroatoms. The Hall–Kier alpha value is -3.76. The summed E-state index contributed by atoms with van der Waals surface area (Å²) in [7, 11) is -1.63. The van der Waals surface area contributed by atoms with Gasteiger partial charge in [-0.3, -0.25) is 4.79 Å². The highest BCUT2D eigenvalue weighted by molar-refractivity contribution is 7.21. The number of fused-ring (bicyclic) bond motifs is 5. The average Bonchev–Trinajstić information content (AvgIpc) is 3.16. The minimum atomic E-state index is -1.63. The second-order valence-corrected chi connectivity index (χ2v) is 17.0. The first-order valence-electron chi connectivity index (χ1n) is 12.5. The van der Waals surface area contributed by atoms with Gasteiger partial charge in [0.25, 0.3) is 5.91 Å². The molecule has 1 amide bonds. The average molecular weight is 539 g/mol. The summed E-state index contributed by atoms with van der Waals surface area (Å²) in [4.78, 5) is 27.7. The van der Waals surface area contributed by atoms with E-state index < -0.39 is 13.6 Å². The van der Waals surface area contributed by atoms with Crippen molar-refractivity contribution in [2.24, 2.45) is 5.73 Å². The van der Waals surface area contributed by atoms with Gasteiger partial charge in [0.2, 0.25) is 5.82 Å². The number of rotatable bonds is 1. The predicted molar refractivity (Wildman–Crippen MR) is 159 cm³/mol. The molecular formula is C29H30N6OSSi. The lowest BCUT2D eigenvalue weighted by Crippen LogP contribution is -2.34. The van der Waals surface area contributed by atoms with Crippen LogP contribution in [0.4, 0.5) is 5.69 Å². The molecule has 192 valence electrons. The summed E-state index contributed by atoms with van der Waals surface area (Å²) in [5, 5.41) is 8.52. The summed E-state index contributed by atoms with van der Waals surface area (Å²) in [6.07, 6.45) is 0. The number of nitrogens with two attached hydrogens (primary N) is 1. The van der Waals surface area contributed by atoms with Crippen LogP contribution in [0.1, 0.15) is 42.0 Å². The number of benzene rings is 1. The zero-order valence-corrected chi connectivity index (χ0v) is 24.2. The molecule has 4 heterocycles. The van der Waals surface area contributed by atoms with Crippen LogP contribution >= 0.6 is 11.3 Å². The van der Waals surface area contributed by atoms with E-state index in [0.29, 0.717) is 34.3 Å². The second-order valence-electron chi connectivity index (χ2n) is 11.2. The van der Waals surface area contributed by atoms with E-state index in [4.69, 9.17) is 15.7 Å². The normalized spacial score (nSPS) is 15.4. The Morgan fingerprint density at radius 1 is 1.08 bits per heavy atom. The molecule has 1 aromatic carbocycles. The summed E-state index contributed by atoms with van der Waals surface area (Å²) >= 11 is 1.50. The van der Waals surface area contributed by atoms with Crippen LogP contribution in [0.3, 0.4) is 0 Å². The molecular weight excluding hydrogens is 509 g/mol. The topological polar surface area (TPSA) is 106 Å². The minimum Gasteiger partial charge on any atom is -0.381 e. The van der Waals surface area contributed by atoms with E-state index in [2.05, 4.69) is 58.6 Å². The molecule has 38 heavy (non-hydrogen) atoms. The third-order valence-electron chi connectivity index (χ3n) is 5.74. The molecule has 4 aromatic rings. The van der Waals surface area contributed by atoms with Gasteiger partial charge in [-0.05, 0) is 56.9 Å². The van der Waals surface area contributed by atoms with Crippen LogP contribution in [-0.2, 0) is 0 Å². The van der Waals surface area contributed by atoms with Gasteiger partial charge in [-0.2, -0.15) is 0 Å². The molecule has 0 unspecified atom stereocenters. The molecule has 0 spiro atoms. The van der Waals surface area contributed by atoms with Gasteiger partial charge in [-0.15, -0.1) is 16.9 Å². The first-order chi connectivity index (χ1) is 17.9. The Bertz CT molecular complexity index is 1670. The number of nitrogens with one attached hydrogen (secondary N) is 2. The van der Waals surface area contributed by atoms with Crippen molar-refractivity contribution in [3.8, 4) is 34.7 Å². The van der Waals surface area contributed by atoms with E-state index >= 15 is 0 Å². The van der Waals surface area contributed by atoms with E-state index in [-0.39, 0.29) is 11.9 Å². The molecule has 0 saturated carbocycles. The standard InChI is InChI=1S/C29H30N6OSSi/c1-17-16-31-26-25-19-7-8-21(34-20(19)9-10-23(25)37-27(26)28(36)32-17)22-15-18(11-13-29(2,3)30)33-24(35-22)12-14-38(4,5)6/h7-10,15,17,31H,16,30H2,1-6H3,(H,32,36)/t17-/m1/s1. The van der Waals surface area contributed by atoms with Crippen molar-refractivity contribution < 1.29 is 4.79 Å². The van der Waals surface area contributed by atoms with Crippen molar-refractivity contribution >= 4 is 52.0 Å². The summed E-state index contributed by atoms with van der Waals surface area (Å²) in [5.41, 5.74) is 12.4. The first kappa shape index (κ1) is 25.9. The molecule has 0 radical (unpaired) electrons. The quantitative estimate of drug-likeness (QED) is 0.238. The number of hydrogen-bond donors (Lipinski definition) is 3. The number of anilines is 1. The van der Waals surface area contributed by atoms with Gasteiger partial charge in [-0.25, -0.2) is 15.0 Å². The maximum absolute atomic E-state index is 12.8. The highest BCUT2D eigenvalue weighted by Crippen LogP contribution is 2.41. The molecule has 1 aliphatic heterocycles. The van der Waals surface area contributed by atoms with Crippen molar-refractivity contribution in [2.45, 2.75) is 52.0 Å². The number of amides is 1. The maximum atomic E-state index is 12.8. The Morgan fingerprint density at radius 2 is 1.87 bits per heavy atom. The Balaban J connectivity index is 1.65. The lowest BCUT2D eigenvalue weighted by Gasteiger charge is -2.10. The number of pyridine rings is 1. The Kier molecular flexibility index (Phi) is 6.48.